The zero-order valence-electron chi connectivity index (χ0n) is 16.5. The molecule has 2 aromatic heterocycles. The lowest BCUT2D eigenvalue weighted by Gasteiger charge is -2.09. The summed E-state index contributed by atoms with van der Waals surface area (Å²) in [6, 6.07) is 29.1. The molecule has 5 aromatic rings. The summed E-state index contributed by atoms with van der Waals surface area (Å²) in [5, 5.41) is 6.86. The third-order valence-corrected chi connectivity index (χ3v) is 6.04. The van der Waals surface area contributed by atoms with Gasteiger partial charge in [-0.15, -0.1) is 11.3 Å². The first-order valence-electron chi connectivity index (χ1n) is 9.75. The zero-order chi connectivity index (χ0) is 20.3. The van der Waals surface area contributed by atoms with Gasteiger partial charge in [0.15, 0.2) is 5.82 Å². The van der Waals surface area contributed by atoms with Crippen LogP contribution in [0.25, 0.3) is 20.7 Å². The molecule has 0 bridgehead atoms. The van der Waals surface area contributed by atoms with Gasteiger partial charge in [-0.2, -0.15) is 0 Å². The molecule has 4 nitrogen and oxygen atoms in total. The molecule has 0 amide bonds. The number of benzene rings is 3. The Kier molecular flexibility index (Phi) is 4.87. The van der Waals surface area contributed by atoms with E-state index in [1.807, 2.05) is 6.07 Å². The van der Waals surface area contributed by atoms with Gasteiger partial charge in [-0.25, -0.2) is 9.97 Å². The average molecular weight is 409 g/mol. The summed E-state index contributed by atoms with van der Waals surface area (Å²) in [5.41, 5.74) is 6.50. The molecule has 0 aliphatic carbocycles. The van der Waals surface area contributed by atoms with Crippen molar-refractivity contribution >= 4 is 44.4 Å². The molecule has 0 spiro atoms. The van der Waals surface area contributed by atoms with Crippen molar-refractivity contribution < 1.29 is 0 Å². The summed E-state index contributed by atoms with van der Waals surface area (Å²) in [6.45, 7) is 2.09. The number of rotatable bonds is 5. The Labute approximate surface area is 179 Å². The molecule has 0 radical (unpaired) electrons. The number of nitrogens with zero attached hydrogens (tertiary/aromatic N) is 2. The van der Waals surface area contributed by atoms with Gasteiger partial charge in [-0.05, 0) is 55.0 Å². The second kappa shape index (κ2) is 7.97. The van der Waals surface area contributed by atoms with Crippen molar-refractivity contribution in [2.75, 3.05) is 10.6 Å². The van der Waals surface area contributed by atoms with Crippen LogP contribution in [0.4, 0.5) is 22.9 Å². The van der Waals surface area contributed by atoms with Gasteiger partial charge >= 0.3 is 0 Å². The molecule has 0 aliphatic rings. The minimum absolute atomic E-state index is 0.825. The molecule has 0 fully saturated rings. The quantitative estimate of drug-likeness (QED) is 0.324. The largest absolute Gasteiger partial charge is 0.356 e. The number of hydrogen-bond donors (Lipinski definition) is 2. The van der Waals surface area contributed by atoms with E-state index in [0.29, 0.717) is 0 Å². The highest BCUT2D eigenvalue weighted by molar-refractivity contribution is 7.22. The number of aryl methyl sites for hydroxylation is 1. The zero-order valence-corrected chi connectivity index (χ0v) is 17.3. The highest BCUT2D eigenvalue weighted by Gasteiger charge is 2.10. The van der Waals surface area contributed by atoms with Gasteiger partial charge in [0.1, 0.15) is 6.33 Å². The van der Waals surface area contributed by atoms with Gasteiger partial charge in [0.2, 0.25) is 0 Å². The normalized spacial score (nSPS) is 10.8. The van der Waals surface area contributed by atoms with E-state index in [0.717, 1.165) is 33.1 Å². The standard InChI is InChI=1S/C25H20N4S/c1-17-7-9-19(10-8-17)28-20-11-13-21(14-12-20)29-25-24-22(26-16-27-25)15-23(30-24)18-5-3-2-4-6-18/h2-16,28H,1H3,(H,26,27,29). The number of thiophene rings is 1. The lowest BCUT2D eigenvalue weighted by atomic mass is 10.2. The average Bonchev–Trinajstić information content (AvgIpc) is 3.23. The minimum atomic E-state index is 0.825. The topological polar surface area (TPSA) is 49.8 Å². The number of fused-ring (bicyclic) bond motifs is 1. The number of aromatic nitrogens is 2. The Morgan fingerprint density at radius 3 is 2.03 bits per heavy atom. The van der Waals surface area contributed by atoms with Crippen LogP contribution in [-0.2, 0) is 0 Å². The Hall–Kier alpha value is -3.70. The maximum Gasteiger partial charge on any atom is 0.151 e. The fraction of sp³-hybridized carbons (Fsp3) is 0.0400. The highest BCUT2D eigenvalue weighted by Crippen LogP contribution is 2.36. The molecule has 5 rings (SSSR count). The number of nitrogens with one attached hydrogen (secondary N) is 2. The van der Waals surface area contributed by atoms with E-state index in [1.165, 1.54) is 16.0 Å². The maximum atomic E-state index is 4.48. The summed E-state index contributed by atoms with van der Waals surface area (Å²) < 4.78 is 1.05. The van der Waals surface area contributed by atoms with Crippen molar-refractivity contribution in [1.29, 1.82) is 0 Å². The summed E-state index contributed by atoms with van der Waals surface area (Å²) in [7, 11) is 0. The summed E-state index contributed by atoms with van der Waals surface area (Å²) >= 11 is 1.70. The van der Waals surface area contributed by atoms with Crippen molar-refractivity contribution in [2.45, 2.75) is 6.92 Å². The molecular formula is C25H20N4S. The minimum Gasteiger partial charge on any atom is -0.356 e. The van der Waals surface area contributed by atoms with Gasteiger partial charge in [0.05, 0.1) is 10.2 Å². The van der Waals surface area contributed by atoms with Crippen LogP contribution >= 0.6 is 11.3 Å². The predicted octanol–water partition coefficient (Wildman–Crippen LogP) is 7.15. The number of hydrogen-bond acceptors (Lipinski definition) is 5. The molecule has 30 heavy (non-hydrogen) atoms. The molecule has 0 unspecified atom stereocenters. The lowest BCUT2D eigenvalue weighted by molar-refractivity contribution is 1.23. The van der Waals surface area contributed by atoms with Crippen molar-refractivity contribution in [2.24, 2.45) is 0 Å². The fourth-order valence-electron chi connectivity index (χ4n) is 3.27. The van der Waals surface area contributed by atoms with Crippen LogP contribution in [0, 0.1) is 6.92 Å². The fourth-order valence-corrected chi connectivity index (χ4v) is 4.33. The summed E-state index contributed by atoms with van der Waals surface area (Å²) in [6.07, 6.45) is 1.61. The van der Waals surface area contributed by atoms with Crippen LogP contribution in [0.15, 0.2) is 91.3 Å². The molecule has 0 saturated carbocycles. The number of anilines is 4. The van der Waals surface area contributed by atoms with E-state index in [9.17, 15) is 0 Å². The summed E-state index contributed by atoms with van der Waals surface area (Å²) in [5.74, 6) is 0.825. The first-order chi connectivity index (χ1) is 14.7. The molecule has 5 heteroatoms. The molecule has 0 atom stereocenters. The third kappa shape index (κ3) is 3.88. The van der Waals surface area contributed by atoms with Crippen LogP contribution in [0.2, 0.25) is 0 Å². The van der Waals surface area contributed by atoms with Crippen molar-refractivity contribution in [3.05, 3.63) is 96.8 Å². The van der Waals surface area contributed by atoms with E-state index < -0.39 is 0 Å². The van der Waals surface area contributed by atoms with Crippen LogP contribution < -0.4 is 10.6 Å². The second-order valence-electron chi connectivity index (χ2n) is 7.11. The Balaban J connectivity index is 1.37. The predicted molar refractivity (Wildman–Crippen MR) is 127 cm³/mol. The van der Waals surface area contributed by atoms with E-state index in [2.05, 4.69) is 106 Å². The van der Waals surface area contributed by atoms with Gasteiger partial charge in [-0.1, -0.05) is 48.0 Å². The van der Waals surface area contributed by atoms with E-state index in [-0.39, 0.29) is 0 Å². The molecular weight excluding hydrogens is 388 g/mol. The van der Waals surface area contributed by atoms with Crippen molar-refractivity contribution in [3.8, 4) is 10.4 Å². The Morgan fingerprint density at radius 1 is 0.700 bits per heavy atom. The third-order valence-electron chi connectivity index (χ3n) is 4.86. The molecule has 0 saturated heterocycles. The lowest BCUT2D eigenvalue weighted by Crippen LogP contribution is -1.95. The highest BCUT2D eigenvalue weighted by atomic mass is 32.1. The first kappa shape index (κ1) is 18.3. The van der Waals surface area contributed by atoms with Crippen molar-refractivity contribution in [1.82, 2.24) is 9.97 Å². The van der Waals surface area contributed by atoms with Gasteiger partial charge in [0.25, 0.3) is 0 Å². The molecule has 0 aliphatic heterocycles. The SMILES string of the molecule is Cc1ccc(Nc2ccc(Nc3ncnc4cc(-c5ccccc5)sc34)cc2)cc1. The van der Waals surface area contributed by atoms with Crippen LogP contribution in [0.3, 0.4) is 0 Å². The van der Waals surface area contributed by atoms with Gasteiger partial charge in [0, 0.05) is 21.9 Å². The molecule has 2 heterocycles. The van der Waals surface area contributed by atoms with Crippen molar-refractivity contribution in [3.63, 3.8) is 0 Å². The van der Waals surface area contributed by atoms with E-state index in [4.69, 9.17) is 0 Å². The van der Waals surface area contributed by atoms with Crippen LogP contribution in [0.1, 0.15) is 5.56 Å². The Bertz CT molecular complexity index is 1280. The molecule has 2 N–H and O–H groups in total. The van der Waals surface area contributed by atoms with Gasteiger partial charge in [-0.3, -0.25) is 0 Å². The monoisotopic (exact) mass is 408 g/mol. The maximum absolute atomic E-state index is 4.48. The van der Waals surface area contributed by atoms with E-state index in [1.54, 1.807) is 17.7 Å². The van der Waals surface area contributed by atoms with Gasteiger partial charge < -0.3 is 10.6 Å². The van der Waals surface area contributed by atoms with Crippen LogP contribution in [-0.4, -0.2) is 9.97 Å². The summed E-state index contributed by atoms with van der Waals surface area (Å²) in [4.78, 5) is 10.1. The second-order valence-corrected chi connectivity index (χ2v) is 8.16. The smallest absolute Gasteiger partial charge is 0.151 e. The van der Waals surface area contributed by atoms with E-state index >= 15 is 0 Å². The molecule has 3 aromatic carbocycles. The Morgan fingerprint density at radius 2 is 1.33 bits per heavy atom. The van der Waals surface area contributed by atoms with Crippen LogP contribution in [0.5, 0.6) is 0 Å². The first-order valence-corrected chi connectivity index (χ1v) is 10.6. The molecule has 146 valence electrons.